The van der Waals surface area contributed by atoms with Crippen LogP contribution in [0.25, 0.3) is 0 Å². The molecule has 0 saturated heterocycles. The molecule has 19 heavy (non-hydrogen) atoms. The number of amides is 1. The lowest BCUT2D eigenvalue weighted by atomic mass is 10.2. The normalized spacial score (nSPS) is 11.3. The first-order chi connectivity index (χ1) is 8.74. The van der Waals surface area contributed by atoms with Crippen LogP contribution in [-0.2, 0) is 4.84 Å². The number of carbonyl (C=O) groups excluding carboxylic acids is 1. The second-order valence-electron chi connectivity index (χ2n) is 3.53. The Hall–Kier alpha value is -1.83. The molecule has 0 heterocycles. The second kappa shape index (κ2) is 5.87. The minimum absolute atomic E-state index is 0.0528. The summed E-state index contributed by atoms with van der Waals surface area (Å²) in [7, 11) is 2.55. The Morgan fingerprint density at radius 3 is 2.53 bits per heavy atom. The van der Waals surface area contributed by atoms with Gasteiger partial charge in [-0.3, -0.25) is 9.63 Å². The Morgan fingerprint density at radius 2 is 2.00 bits per heavy atom. The number of hydrogen-bond acceptors (Lipinski definition) is 3. The third kappa shape index (κ3) is 4.40. The fourth-order valence-corrected chi connectivity index (χ4v) is 1.17. The molecule has 106 valence electrons. The van der Waals surface area contributed by atoms with Crippen LogP contribution in [0.15, 0.2) is 18.2 Å². The molecule has 0 aliphatic carbocycles. The van der Waals surface area contributed by atoms with E-state index in [2.05, 4.69) is 9.57 Å². The van der Waals surface area contributed by atoms with E-state index in [1.165, 1.54) is 14.2 Å². The SMILES string of the molecule is CON(C)C(=O)c1ccc(F)c(OCC(F)(F)F)c1. The monoisotopic (exact) mass is 281 g/mol. The largest absolute Gasteiger partial charge is 0.481 e. The van der Waals surface area contributed by atoms with Crippen molar-refractivity contribution in [3.63, 3.8) is 0 Å². The van der Waals surface area contributed by atoms with E-state index in [1.807, 2.05) is 0 Å². The van der Waals surface area contributed by atoms with Crippen LogP contribution in [0.3, 0.4) is 0 Å². The maximum absolute atomic E-state index is 13.2. The van der Waals surface area contributed by atoms with Crippen LogP contribution in [0, 0.1) is 5.82 Å². The molecule has 0 aliphatic heterocycles. The van der Waals surface area contributed by atoms with Crippen molar-refractivity contribution in [2.24, 2.45) is 0 Å². The van der Waals surface area contributed by atoms with Crippen molar-refractivity contribution < 1.29 is 31.9 Å². The zero-order valence-electron chi connectivity index (χ0n) is 10.1. The van der Waals surface area contributed by atoms with Gasteiger partial charge in [-0.25, -0.2) is 9.45 Å². The first kappa shape index (κ1) is 15.2. The molecule has 0 N–H and O–H groups in total. The molecule has 1 amide bonds. The number of halogens is 4. The lowest BCUT2D eigenvalue weighted by Gasteiger charge is -2.15. The number of hydrogen-bond donors (Lipinski definition) is 0. The van der Waals surface area contributed by atoms with Crippen molar-refractivity contribution in [1.29, 1.82) is 0 Å². The van der Waals surface area contributed by atoms with Gasteiger partial charge in [0.15, 0.2) is 18.2 Å². The fraction of sp³-hybridized carbons (Fsp3) is 0.364. The maximum atomic E-state index is 13.2. The quantitative estimate of drug-likeness (QED) is 0.628. The van der Waals surface area contributed by atoms with Gasteiger partial charge in [0.05, 0.1) is 7.11 Å². The number of alkyl halides is 3. The predicted octanol–water partition coefficient (Wildman–Crippen LogP) is 2.40. The summed E-state index contributed by atoms with van der Waals surface area (Å²) in [5.74, 6) is -2.27. The molecule has 0 radical (unpaired) electrons. The molecular formula is C11H11F4NO3. The van der Waals surface area contributed by atoms with E-state index in [4.69, 9.17) is 0 Å². The van der Waals surface area contributed by atoms with Crippen LogP contribution in [0.1, 0.15) is 10.4 Å². The highest BCUT2D eigenvalue weighted by Crippen LogP contribution is 2.23. The molecule has 1 rings (SSSR count). The standard InChI is InChI=1S/C11H11F4NO3/c1-16(18-2)10(17)7-3-4-8(12)9(5-7)19-6-11(13,14)15/h3-5H,6H2,1-2H3. The zero-order chi connectivity index (χ0) is 14.6. The Labute approximate surface area is 106 Å². The van der Waals surface area contributed by atoms with E-state index in [9.17, 15) is 22.4 Å². The molecule has 0 bridgehead atoms. The van der Waals surface area contributed by atoms with Crippen LogP contribution in [0.4, 0.5) is 17.6 Å². The van der Waals surface area contributed by atoms with Gasteiger partial charge in [0.1, 0.15) is 0 Å². The van der Waals surface area contributed by atoms with Crippen molar-refractivity contribution in [2.75, 3.05) is 20.8 Å². The summed E-state index contributed by atoms with van der Waals surface area (Å²) in [5, 5.41) is 0.848. The topological polar surface area (TPSA) is 38.8 Å². The average molecular weight is 281 g/mol. The molecule has 8 heteroatoms. The van der Waals surface area contributed by atoms with E-state index in [-0.39, 0.29) is 5.56 Å². The number of hydroxylamine groups is 2. The van der Waals surface area contributed by atoms with Gasteiger partial charge in [-0.05, 0) is 18.2 Å². The van der Waals surface area contributed by atoms with Gasteiger partial charge >= 0.3 is 6.18 Å². The number of ether oxygens (including phenoxy) is 1. The van der Waals surface area contributed by atoms with Crippen LogP contribution < -0.4 is 4.74 Å². The molecule has 0 aliphatic rings. The summed E-state index contributed by atoms with van der Waals surface area (Å²) >= 11 is 0. The van der Waals surface area contributed by atoms with Crippen molar-refractivity contribution in [3.8, 4) is 5.75 Å². The maximum Gasteiger partial charge on any atom is 0.422 e. The summed E-state index contributed by atoms with van der Waals surface area (Å²) in [6, 6.07) is 2.86. The molecule has 0 spiro atoms. The Bertz CT molecular complexity index is 462. The van der Waals surface area contributed by atoms with Crippen molar-refractivity contribution in [1.82, 2.24) is 5.06 Å². The summed E-state index contributed by atoms with van der Waals surface area (Å²) < 4.78 is 53.5. The summed E-state index contributed by atoms with van der Waals surface area (Å²) in [4.78, 5) is 16.3. The first-order valence-electron chi connectivity index (χ1n) is 5.06. The van der Waals surface area contributed by atoms with E-state index in [0.29, 0.717) is 0 Å². The minimum atomic E-state index is -4.59. The molecule has 0 aromatic heterocycles. The predicted molar refractivity (Wildman–Crippen MR) is 57.1 cm³/mol. The van der Waals surface area contributed by atoms with Gasteiger partial charge in [0, 0.05) is 12.6 Å². The Balaban J connectivity index is 2.91. The van der Waals surface area contributed by atoms with Gasteiger partial charge < -0.3 is 4.74 Å². The van der Waals surface area contributed by atoms with Gasteiger partial charge in [-0.1, -0.05) is 0 Å². The van der Waals surface area contributed by atoms with Crippen molar-refractivity contribution in [3.05, 3.63) is 29.6 Å². The van der Waals surface area contributed by atoms with Crippen molar-refractivity contribution >= 4 is 5.91 Å². The van der Waals surface area contributed by atoms with Gasteiger partial charge in [-0.2, -0.15) is 13.2 Å². The van der Waals surface area contributed by atoms with E-state index in [1.54, 1.807) is 0 Å². The van der Waals surface area contributed by atoms with Crippen LogP contribution in [0.2, 0.25) is 0 Å². The highest BCUT2D eigenvalue weighted by Gasteiger charge is 2.29. The molecule has 0 fully saturated rings. The number of nitrogens with zero attached hydrogens (tertiary/aromatic N) is 1. The van der Waals surface area contributed by atoms with Crippen LogP contribution >= 0.6 is 0 Å². The van der Waals surface area contributed by atoms with Crippen molar-refractivity contribution in [2.45, 2.75) is 6.18 Å². The zero-order valence-corrected chi connectivity index (χ0v) is 10.1. The second-order valence-corrected chi connectivity index (χ2v) is 3.53. The highest BCUT2D eigenvalue weighted by atomic mass is 19.4. The van der Waals surface area contributed by atoms with Gasteiger partial charge in [-0.15, -0.1) is 0 Å². The smallest absolute Gasteiger partial charge is 0.422 e. The lowest BCUT2D eigenvalue weighted by Crippen LogP contribution is -2.25. The molecule has 0 saturated carbocycles. The molecule has 4 nitrogen and oxygen atoms in total. The lowest BCUT2D eigenvalue weighted by molar-refractivity contribution is -0.153. The first-order valence-corrected chi connectivity index (χ1v) is 5.06. The third-order valence-corrected chi connectivity index (χ3v) is 2.13. The molecule has 0 atom stereocenters. The average Bonchev–Trinajstić information content (AvgIpc) is 2.35. The molecule has 1 aromatic carbocycles. The van der Waals surface area contributed by atoms with Crippen LogP contribution in [-0.4, -0.2) is 37.9 Å². The number of carbonyl (C=O) groups is 1. The third-order valence-electron chi connectivity index (χ3n) is 2.13. The summed E-state index contributed by atoms with van der Waals surface area (Å²) in [6.45, 7) is -1.64. The molecule has 1 aromatic rings. The van der Waals surface area contributed by atoms with E-state index >= 15 is 0 Å². The molecular weight excluding hydrogens is 270 g/mol. The number of rotatable bonds is 4. The number of benzene rings is 1. The van der Waals surface area contributed by atoms with Crippen LogP contribution in [0.5, 0.6) is 5.75 Å². The minimum Gasteiger partial charge on any atom is -0.481 e. The summed E-state index contributed by atoms with van der Waals surface area (Å²) in [5.41, 5.74) is -0.0528. The highest BCUT2D eigenvalue weighted by molar-refractivity contribution is 5.93. The Morgan fingerprint density at radius 1 is 1.37 bits per heavy atom. The van der Waals surface area contributed by atoms with E-state index < -0.39 is 30.3 Å². The molecule has 0 unspecified atom stereocenters. The van der Waals surface area contributed by atoms with E-state index in [0.717, 1.165) is 23.3 Å². The summed E-state index contributed by atoms with van der Waals surface area (Å²) in [6.07, 6.45) is -4.59. The Kier molecular flexibility index (Phi) is 4.71. The van der Waals surface area contributed by atoms with Gasteiger partial charge in [0.2, 0.25) is 0 Å². The fourth-order valence-electron chi connectivity index (χ4n) is 1.17. The van der Waals surface area contributed by atoms with Gasteiger partial charge in [0.25, 0.3) is 5.91 Å².